The molecule has 188 valence electrons. The third kappa shape index (κ3) is 5.87. The van der Waals surface area contributed by atoms with Crippen LogP contribution in [0.15, 0.2) is 55.1 Å². The molecule has 0 radical (unpaired) electrons. The predicted molar refractivity (Wildman–Crippen MR) is 127 cm³/mol. The summed E-state index contributed by atoms with van der Waals surface area (Å²) in [6, 6.07) is 12.1. The van der Waals surface area contributed by atoms with Crippen LogP contribution in [0.2, 0.25) is 0 Å². The molecular formula is C29H24F6O. The zero-order chi connectivity index (χ0) is 25.9. The van der Waals surface area contributed by atoms with E-state index in [0.717, 1.165) is 30.0 Å². The van der Waals surface area contributed by atoms with Gasteiger partial charge in [0.05, 0.1) is 5.56 Å². The van der Waals surface area contributed by atoms with Gasteiger partial charge in [-0.3, -0.25) is 0 Å². The number of hydrogen-bond acceptors (Lipinski definition) is 1. The van der Waals surface area contributed by atoms with E-state index >= 15 is 0 Å². The van der Waals surface area contributed by atoms with Crippen LogP contribution < -0.4 is 4.74 Å². The van der Waals surface area contributed by atoms with Crippen LogP contribution in [-0.4, -0.2) is 12.8 Å². The van der Waals surface area contributed by atoms with Crippen LogP contribution in [0.25, 0.3) is 10.8 Å². The molecule has 0 spiro atoms. The van der Waals surface area contributed by atoms with Gasteiger partial charge >= 0.3 is 6.18 Å². The molecule has 36 heavy (non-hydrogen) atoms. The summed E-state index contributed by atoms with van der Waals surface area (Å²) in [5, 5.41) is 1.75. The van der Waals surface area contributed by atoms with Crippen molar-refractivity contribution >= 4 is 10.8 Å². The number of rotatable bonds is 5. The summed E-state index contributed by atoms with van der Waals surface area (Å²) in [5.74, 6) is 0.00210. The second-order valence-electron chi connectivity index (χ2n) is 9.05. The van der Waals surface area contributed by atoms with Crippen molar-refractivity contribution < 1.29 is 31.1 Å². The highest BCUT2D eigenvalue weighted by Gasteiger charge is 2.31. The zero-order valence-corrected chi connectivity index (χ0v) is 19.4. The molecule has 0 atom stereocenters. The van der Waals surface area contributed by atoms with E-state index in [1.54, 1.807) is 12.1 Å². The Kier molecular flexibility index (Phi) is 7.63. The third-order valence-corrected chi connectivity index (χ3v) is 6.55. The number of ether oxygens (including phenoxy) is 1. The summed E-state index contributed by atoms with van der Waals surface area (Å²) in [6.45, 7) is 1.88. The second kappa shape index (κ2) is 10.7. The second-order valence-corrected chi connectivity index (χ2v) is 9.05. The number of allylic oxidation sites excluding steroid dienone is 1. The minimum atomic E-state index is -4.83. The Bertz CT molecular complexity index is 1320. The van der Waals surface area contributed by atoms with E-state index < -0.39 is 41.5 Å². The van der Waals surface area contributed by atoms with Crippen molar-refractivity contribution in [2.45, 2.75) is 44.2 Å². The predicted octanol–water partition coefficient (Wildman–Crippen LogP) is 8.45. The van der Waals surface area contributed by atoms with Crippen molar-refractivity contribution in [2.75, 3.05) is 6.61 Å². The lowest BCUT2D eigenvalue weighted by atomic mass is 9.77. The van der Waals surface area contributed by atoms with E-state index in [4.69, 9.17) is 0 Å². The van der Waals surface area contributed by atoms with E-state index in [0.29, 0.717) is 23.5 Å². The van der Waals surface area contributed by atoms with Crippen LogP contribution in [0.5, 0.6) is 5.75 Å². The number of benzene rings is 3. The van der Waals surface area contributed by atoms with Gasteiger partial charge in [-0.15, -0.1) is 6.58 Å². The van der Waals surface area contributed by atoms with Gasteiger partial charge in [0, 0.05) is 5.56 Å². The Balaban J connectivity index is 1.58. The molecule has 3 aromatic rings. The number of halogens is 6. The molecule has 1 aliphatic carbocycles. The normalized spacial score (nSPS) is 17.9. The molecule has 3 aromatic carbocycles. The largest absolute Gasteiger partial charge is 0.478 e. The molecule has 0 N–H and O–H groups in total. The lowest BCUT2D eigenvalue weighted by Gasteiger charge is -2.28. The van der Waals surface area contributed by atoms with E-state index in [-0.39, 0.29) is 0 Å². The minimum Gasteiger partial charge on any atom is -0.478 e. The molecule has 0 aliphatic heterocycles. The first-order valence-electron chi connectivity index (χ1n) is 11.7. The van der Waals surface area contributed by atoms with Gasteiger partial charge in [0.1, 0.15) is 0 Å². The van der Waals surface area contributed by atoms with Crippen molar-refractivity contribution in [3.63, 3.8) is 0 Å². The summed E-state index contributed by atoms with van der Waals surface area (Å²) < 4.78 is 83.8. The van der Waals surface area contributed by atoms with Crippen molar-refractivity contribution in [3.8, 4) is 17.6 Å². The van der Waals surface area contributed by atoms with E-state index in [2.05, 4.69) is 35.3 Å². The van der Waals surface area contributed by atoms with Gasteiger partial charge in [0.25, 0.3) is 0 Å². The highest BCUT2D eigenvalue weighted by molar-refractivity contribution is 5.89. The zero-order valence-electron chi connectivity index (χ0n) is 19.4. The summed E-state index contributed by atoms with van der Waals surface area (Å²) >= 11 is 0. The SMILES string of the molecule is C=CCC1CCC(c2ccc3c(C#Cc4cc(F)c(OCC(F)(F)F)c(F)c4F)cccc3c2)CC1. The van der Waals surface area contributed by atoms with Crippen LogP contribution in [0.1, 0.15) is 54.7 Å². The first-order valence-corrected chi connectivity index (χ1v) is 11.7. The molecule has 7 heteroatoms. The molecule has 1 saturated carbocycles. The average molecular weight is 502 g/mol. The van der Waals surface area contributed by atoms with E-state index in [1.165, 1.54) is 18.4 Å². The van der Waals surface area contributed by atoms with Gasteiger partial charge < -0.3 is 4.74 Å². The van der Waals surface area contributed by atoms with E-state index in [9.17, 15) is 26.3 Å². The van der Waals surface area contributed by atoms with Crippen molar-refractivity contribution in [3.05, 3.63) is 89.3 Å². The molecule has 0 unspecified atom stereocenters. The molecule has 4 rings (SSSR count). The quantitative estimate of drug-likeness (QED) is 0.147. The Morgan fingerprint density at radius 1 is 0.917 bits per heavy atom. The van der Waals surface area contributed by atoms with Crippen molar-refractivity contribution in [2.24, 2.45) is 5.92 Å². The van der Waals surface area contributed by atoms with Crippen LogP contribution in [0.4, 0.5) is 26.3 Å². The molecule has 1 fully saturated rings. The van der Waals surface area contributed by atoms with Gasteiger partial charge in [-0.1, -0.05) is 48.2 Å². The van der Waals surface area contributed by atoms with Gasteiger partial charge in [-0.25, -0.2) is 8.78 Å². The Hall–Kier alpha value is -3.40. The lowest BCUT2D eigenvalue weighted by Crippen LogP contribution is -2.20. The van der Waals surface area contributed by atoms with Crippen LogP contribution >= 0.6 is 0 Å². The first kappa shape index (κ1) is 25.7. The smallest absolute Gasteiger partial charge is 0.422 e. The molecule has 1 aliphatic rings. The van der Waals surface area contributed by atoms with Crippen molar-refractivity contribution in [1.82, 2.24) is 0 Å². The van der Waals surface area contributed by atoms with E-state index in [1.807, 2.05) is 18.2 Å². The lowest BCUT2D eigenvalue weighted by molar-refractivity contribution is -0.154. The fraction of sp³-hybridized carbons (Fsp3) is 0.310. The first-order chi connectivity index (χ1) is 17.2. The van der Waals surface area contributed by atoms with Crippen LogP contribution in [0.3, 0.4) is 0 Å². The Labute approximate surface area is 205 Å². The molecule has 0 aromatic heterocycles. The maximum Gasteiger partial charge on any atom is 0.422 e. The average Bonchev–Trinajstić information content (AvgIpc) is 2.85. The van der Waals surface area contributed by atoms with Crippen molar-refractivity contribution in [1.29, 1.82) is 0 Å². The summed E-state index contributed by atoms with van der Waals surface area (Å²) in [5.41, 5.74) is 1.16. The Morgan fingerprint density at radius 2 is 1.64 bits per heavy atom. The number of alkyl halides is 3. The summed E-state index contributed by atoms with van der Waals surface area (Å²) in [4.78, 5) is 0. The van der Waals surface area contributed by atoms with Gasteiger partial charge in [-0.05, 0) is 72.4 Å². The molecular weight excluding hydrogens is 478 g/mol. The fourth-order valence-corrected chi connectivity index (χ4v) is 4.72. The topological polar surface area (TPSA) is 9.23 Å². The third-order valence-electron chi connectivity index (χ3n) is 6.55. The van der Waals surface area contributed by atoms with Gasteiger partial charge in [0.2, 0.25) is 5.82 Å². The maximum absolute atomic E-state index is 14.4. The number of hydrogen-bond donors (Lipinski definition) is 0. The summed E-state index contributed by atoms with van der Waals surface area (Å²) in [7, 11) is 0. The Morgan fingerprint density at radius 3 is 2.33 bits per heavy atom. The fourth-order valence-electron chi connectivity index (χ4n) is 4.72. The molecule has 0 saturated heterocycles. The van der Waals surface area contributed by atoms with Gasteiger partial charge in [-0.2, -0.15) is 17.6 Å². The molecule has 1 nitrogen and oxygen atoms in total. The van der Waals surface area contributed by atoms with Crippen LogP contribution in [0, 0.1) is 35.2 Å². The minimum absolute atomic E-state index is 0.475. The number of fused-ring (bicyclic) bond motifs is 1. The summed E-state index contributed by atoms with van der Waals surface area (Å²) in [6.07, 6.45) is 2.76. The van der Waals surface area contributed by atoms with Gasteiger partial charge in [0.15, 0.2) is 24.0 Å². The van der Waals surface area contributed by atoms with Crippen LogP contribution in [-0.2, 0) is 0 Å². The highest BCUT2D eigenvalue weighted by Crippen LogP contribution is 2.38. The molecule has 0 heterocycles. The highest BCUT2D eigenvalue weighted by atomic mass is 19.4. The monoisotopic (exact) mass is 502 g/mol. The molecule has 0 bridgehead atoms. The maximum atomic E-state index is 14.4. The molecule has 0 amide bonds. The standard InChI is InChI=1S/C29H24F6O/c1-2-4-18-7-9-19(10-8-18)21-13-14-24-20(5-3-6-22(24)15-21)11-12-23-16-25(30)28(27(32)26(23)31)36-17-29(33,34)35/h2-3,5-6,13-16,18-19H,1,4,7-10,17H2.